The summed E-state index contributed by atoms with van der Waals surface area (Å²) in [5, 5.41) is 14.1. The van der Waals surface area contributed by atoms with Crippen LogP contribution < -0.4 is 10.1 Å². The zero-order valence-corrected chi connectivity index (χ0v) is 14.1. The Morgan fingerprint density at radius 2 is 2.10 bits per heavy atom. The standard InChI is InChI=1S/C14H21Cl2NO2S/c1-10(5-6-20-2)17-8-11(18)9-19-12-3-4-13(15)14(16)7-12/h3-4,7,10-11,17-18H,5-6,8-9H2,1-2H3. The van der Waals surface area contributed by atoms with Gasteiger partial charge in [0.15, 0.2) is 0 Å². The molecule has 0 spiro atoms. The number of thioether (sulfide) groups is 1. The highest BCUT2D eigenvalue weighted by molar-refractivity contribution is 7.98. The molecule has 0 fully saturated rings. The van der Waals surface area contributed by atoms with E-state index < -0.39 is 6.10 Å². The van der Waals surface area contributed by atoms with Gasteiger partial charge in [-0.15, -0.1) is 0 Å². The van der Waals surface area contributed by atoms with E-state index in [4.69, 9.17) is 27.9 Å². The molecule has 0 bridgehead atoms. The van der Waals surface area contributed by atoms with Crippen LogP contribution in [0.15, 0.2) is 18.2 Å². The number of aliphatic hydroxyl groups excluding tert-OH is 1. The number of ether oxygens (including phenoxy) is 1. The molecule has 6 heteroatoms. The van der Waals surface area contributed by atoms with E-state index in [1.165, 1.54) is 0 Å². The molecule has 2 N–H and O–H groups in total. The number of benzene rings is 1. The van der Waals surface area contributed by atoms with Gasteiger partial charge in [0.05, 0.1) is 10.0 Å². The molecule has 114 valence electrons. The topological polar surface area (TPSA) is 41.5 Å². The third-order valence-electron chi connectivity index (χ3n) is 2.79. The fourth-order valence-corrected chi connectivity index (χ4v) is 2.43. The van der Waals surface area contributed by atoms with E-state index in [9.17, 15) is 5.11 Å². The van der Waals surface area contributed by atoms with E-state index in [0.29, 0.717) is 28.4 Å². The second-order valence-electron chi connectivity index (χ2n) is 4.63. The Hall–Kier alpha value is -0.130. The van der Waals surface area contributed by atoms with Gasteiger partial charge < -0.3 is 15.2 Å². The quantitative estimate of drug-likeness (QED) is 0.724. The predicted octanol–water partition coefficient (Wildman–Crippen LogP) is 3.46. The normalized spacial score (nSPS) is 14.1. The average molecular weight is 338 g/mol. The summed E-state index contributed by atoms with van der Waals surface area (Å²) in [5.41, 5.74) is 0. The maximum absolute atomic E-state index is 9.86. The van der Waals surface area contributed by atoms with Crippen LogP contribution in [0.25, 0.3) is 0 Å². The third kappa shape index (κ3) is 7.04. The highest BCUT2D eigenvalue weighted by atomic mass is 35.5. The number of aliphatic hydroxyl groups is 1. The van der Waals surface area contributed by atoms with Crippen LogP contribution in [0.4, 0.5) is 0 Å². The van der Waals surface area contributed by atoms with E-state index in [0.717, 1.165) is 12.2 Å². The lowest BCUT2D eigenvalue weighted by Gasteiger charge is -2.17. The lowest BCUT2D eigenvalue weighted by molar-refractivity contribution is 0.104. The minimum Gasteiger partial charge on any atom is -0.491 e. The van der Waals surface area contributed by atoms with Crippen molar-refractivity contribution in [1.29, 1.82) is 0 Å². The van der Waals surface area contributed by atoms with Gasteiger partial charge in [-0.25, -0.2) is 0 Å². The van der Waals surface area contributed by atoms with Gasteiger partial charge in [0, 0.05) is 18.7 Å². The molecule has 0 aliphatic rings. The fourth-order valence-electron chi connectivity index (χ4n) is 1.55. The first-order valence-electron chi connectivity index (χ1n) is 6.51. The SMILES string of the molecule is CSCCC(C)NCC(O)COc1ccc(Cl)c(Cl)c1. The summed E-state index contributed by atoms with van der Waals surface area (Å²) in [6, 6.07) is 5.44. The molecule has 0 saturated heterocycles. The van der Waals surface area contributed by atoms with Crippen LogP contribution in [0, 0.1) is 0 Å². The van der Waals surface area contributed by atoms with Gasteiger partial charge in [-0.2, -0.15) is 11.8 Å². The van der Waals surface area contributed by atoms with Gasteiger partial charge >= 0.3 is 0 Å². The van der Waals surface area contributed by atoms with Gasteiger partial charge in [-0.3, -0.25) is 0 Å². The van der Waals surface area contributed by atoms with Crippen LogP contribution in [0.1, 0.15) is 13.3 Å². The zero-order chi connectivity index (χ0) is 15.0. The van der Waals surface area contributed by atoms with Crippen molar-refractivity contribution in [2.24, 2.45) is 0 Å². The first kappa shape index (κ1) is 17.9. The van der Waals surface area contributed by atoms with Crippen LogP contribution in [-0.4, -0.2) is 42.4 Å². The monoisotopic (exact) mass is 337 g/mol. The number of hydrogen-bond acceptors (Lipinski definition) is 4. The Labute approximate surface area is 135 Å². The molecule has 0 amide bonds. The smallest absolute Gasteiger partial charge is 0.121 e. The van der Waals surface area contributed by atoms with Crippen molar-refractivity contribution in [3.63, 3.8) is 0 Å². The van der Waals surface area contributed by atoms with Gasteiger partial charge in [0.1, 0.15) is 18.5 Å². The van der Waals surface area contributed by atoms with Crippen molar-refractivity contribution in [3.8, 4) is 5.75 Å². The number of halogens is 2. The van der Waals surface area contributed by atoms with E-state index in [2.05, 4.69) is 18.5 Å². The first-order valence-corrected chi connectivity index (χ1v) is 8.66. The van der Waals surface area contributed by atoms with E-state index >= 15 is 0 Å². The van der Waals surface area contributed by atoms with Crippen LogP contribution in [-0.2, 0) is 0 Å². The molecule has 0 heterocycles. The Morgan fingerprint density at radius 3 is 2.75 bits per heavy atom. The zero-order valence-electron chi connectivity index (χ0n) is 11.7. The van der Waals surface area contributed by atoms with Crippen molar-refractivity contribution >= 4 is 35.0 Å². The molecule has 0 aliphatic carbocycles. The van der Waals surface area contributed by atoms with E-state index in [-0.39, 0.29) is 6.61 Å². The second-order valence-corrected chi connectivity index (χ2v) is 6.43. The summed E-state index contributed by atoms with van der Waals surface area (Å²) in [4.78, 5) is 0. The lowest BCUT2D eigenvalue weighted by Crippen LogP contribution is -2.36. The Kier molecular flexibility index (Phi) is 8.73. The van der Waals surface area contributed by atoms with Gasteiger partial charge in [-0.05, 0) is 37.5 Å². The predicted molar refractivity (Wildman–Crippen MR) is 88.4 cm³/mol. The fraction of sp³-hybridized carbons (Fsp3) is 0.571. The summed E-state index contributed by atoms with van der Waals surface area (Å²) in [7, 11) is 0. The maximum atomic E-state index is 9.86. The Bertz CT molecular complexity index is 407. The molecule has 0 aliphatic heterocycles. The largest absolute Gasteiger partial charge is 0.491 e. The van der Waals surface area contributed by atoms with Crippen molar-refractivity contribution in [3.05, 3.63) is 28.2 Å². The highest BCUT2D eigenvalue weighted by Crippen LogP contribution is 2.26. The summed E-state index contributed by atoms with van der Waals surface area (Å²) in [6.07, 6.45) is 2.62. The second kappa shape index (κ2) is 9.74. The highest BCUT2D eigenvalue weighted by Gasteiger charge is 2.08. The van der Waals surface area contributed by atoms with Crippen LogP contribution >= 0.6 is 35.0 Å². The minimum atomic E-state index is -0.554. The molecule has 0 radical (unpaired) electrons. The Morgan fingerprint density at radius 1 is 1.35 bits per heavy atom. The average Bonchev–Trinajstić information content (AvgIpc) is 2.44. The first-order chi connectivity index (χ1) is 9.52. The molecule has 1 aromatic rings. The number of nitrogens with one attached hydrogen (secondary N) is 1. The Balaban J connectivity index is 2.25. The van der Waals surface area contributed by atoms with Gasteiger partial charge in [0.25, 0.3) is 0 Å². The van der Waals surface area contributed by atoms with Crippen molar-refractivity contribution < 1.29 is 9.84 Å². The van der Waals surface area contributed by atoms with Crippen molar-refractivity contribution in [2.45, 2.75) is 25.5 Å². The molecule has 0 saturated carbocycles. The molecular weight excluding hydrogens is 317 g/mol. The van der Waals surface area contributed by atoms with Crippen LogP contribution in [0.3, 0.4) is 0 Å². The maximum Gasteiger partial charge on any atom is 0.121 e. The van der Waals surface area contributed by atoms with Gasteiger partial charge in [0.2, 0.25) is 0 Å². The molecule has 0 aromatic heterocycles. The van der Waals surface area contributed by atoms with Crippen LogP contribution in [0.5, 0.6) is 5.75 Å². The minimum absolute atomic E-state index is 0.222. The summed E-state index contributed by atoms with van der Waals surface area (Å²) >= 11 is 13.5. The van der Waals surface area contributed by atoms with E-state index in [1.807, 2.05) is 11.8 Å². The van der Waals surface area contributed by atoms with Crippen molar-refractivity contribution in [2.75, 3.05) is 25.2 Å². The summed E-state index contributed by atoms with van der Waals surface area (Å²) < 4.78 is 5.48. The van der Waals surface area contributed by atoms with Crippen molar-refractivity contribution in [1.82, 2.24) is 5.32 Å². The molecule has 1 aromatic carbocycles. The number of rotatable bonds is 9. The molecule has 1 rings (SSSR count). The third-order valence-corrected chi connectivity index (χ3v) is 4.17. The summed E-state index contributed by atoms with van der Waals surface area (Å²) in [6.45, 7) is 2.85. The van der Waals surface area contributed by atoms with Gasteiger partial charge in [-0.1, -0.05) is 23.2 Å². The molecule has 2 atom stereocenters. The van der Waals surface area contributed by atoms with E-state index in [1.54, 1.807) is 18.2 Å². The molecule has 3 nitrogen and oxygen atoms in total. The van der Waals surface area contributed by atoms with Crippen LogP contribution in [0.2, 0.25) is 10.0 Å². The number of hydrogen-bond donors (Lipinski definition) is 2. The molecule has 2 unspecified atom stereocenters. The molecular formula is C14H21Cl2NO2S. The summed E-state index contributed by atoms with van der Waals surface area (Å²) in [5.74, 6) is 1.72. The lowest BCUT2D eigenvalue weighted by atomic mass is 10.2. The molecule has 20 heavy (non-hydrogen) atoms.